The maximum atomic E-state index is 10.5. The maximum Gasteiger partial charge on any atom is 0.160 e. The summed E-state index contributed by atoms with van der Waals surface area (Å²) in [6.45, 7) is 5.11. The first kappa shape index (κ1) is 7.65. The van der Waals surface area contributed by atoms with Crippen LogP contribution < -0.4 is 0 Å². The number of hydrogen-bond acceptors (Lipinski definition) is 3. The Morgan fingerprint density at radius 3 is 2.73 bits per heavy atom. The Labute approximate surface area is 64.6 Å². The molecule has 0 fully saturated rings. The van der Waals surface area contributed by atoms with Crippen molar-refractivity contribution in [3.8, 4) is 0 Å². The number of aldehydes is 1. The Morgan fingerprint density at radius 1 is 1.73 bits per heavy atom. The van der Waals surface area contributed by atoms with Crippen LogP contribution in [0.1, 0.15) is 16.1 Å². The minimum atomic E-state index is 0.516. The van der Waals surface area contributed by atoms with Crippen LogP contribution in [0.4, 0.5) is 5.82 Å². The van der Waals surface area contributed by atoms with Crippen LogP contribution in [0.25, 0.3) is 0 Å². The molecule has 0 amide bonds. The maximum absolute atomic E-state index is 10.5. The number of carbonyl (C=O) groups excluding carboxylic acids is 1. The molecule has 0 N–H and O–H groups in total. The third kappa shape index (κ3) is 1.07. The van der Waals surface area contributed by atoms with E-state index >= 15 is 0 Å². The molecule has 0 saturated carbocycles. The molecule has 4 nitrogen and oxygen atoms in total. The summed E-state index contributed by atoms with van der Waals surface area (Å²) in [5, 5.41) is 4.00. The molecule has 1 aromatic heterocycles. The summed E-state index contributed by atoms with van der Waals surface area (Å²) in [5.41, 5.74) is 1.20. The molecule has 0 spiro atoms. The largest absolute Gasteiger partial charge is 0.298 e. The molecular weight excluding hydrogens is 142 g/mol. The smallest absolute Gasteiger partial charge is 0.160 e. The molecule has 1 rings (SSSR count). The number of aryl methyl sites for hydroxylation is 2. The van der Waals surface area contributed by atoms with Crippen LogP contribution >= 0.6 is 0 Å². The van der Waals surface area contributed by atoms with Crippen LogP contribution in [-0.2, 0) is 7.05 Å². The van der Waals surface area contributed by atoms with Crippen molar-refractivity contribution in [1.29, 1.82) is 0 Å². The molecule has 0 bridgehead atoms. The molecule has 0 aliphatic rings. The average Bonchev–Trinajstić information content (AvgIpc) is 2.24. The highest BCUT2D eigenvalue weighted by Crippen LogP contribution is 2.18. The van der Waals surface area contributed by atoms with Gasteiger partial charge in [-0.25, -0.2) is 4.99 Å². The number of aromatic nitrogens is 2. The van der Waals surface area contributed by atoms with Gasteiger partial charge in [-0.3, -0.25) is 9.48 Å². The minimum Gasteiger partial charge on any atom is -0.298 e. The first-order valence-corrected chi connectivity index (χ1v) is 3.16. The Bertz CT molecular complexity index is 272. The van der Waals surface area contributed by atoms with Crippen molar-refractivity contribution in [2.45, 2.75) is 6.92 Å². The third-order valence-corrected chi connectivity index (χ3v) is 1.50. The second-order valence-electron chi connectivity index (χ2n) is 2.22. The van der Waals surface area contributed by atoms with Crippen LogP contribution in [0.5, 0.6) is 0 Å². The molecule has 0 unspecified atom stereocenters. The van der Waals surface area contributed by atoms with Crippen LogP contribution in [0, 0.1) is 6.92 Å². The van der Waals surface area contributed by atoms with Crippen molar-refractivity contribution in [1.82, 2.24) is 9.78 Å². The van der Waals surface area contributed by atoms with E-state index in [9.17, 15) is 4.79 Å². The summed E-state index contributed by atoms with van der Waals surface area (Å²) in [4.78, 5) is 14.2. The topological polar surface area (TPSA) is 47.2 Å². The van der Waals surface area contributed by atoms with Gasteiger partial charge in [0.1, 0.15) is 0 Å². The summed E-state index contributed by atoms with van der Waals surface area (Å²) < 4.78 is 1.53. The molecule has 0 aliphatic carbocycles. The third-order valence-electron chi connectivity index (χ3n) is 1.50. The van der Waals surface area contributed by atoms with Gasteiger partial charge in [0.2, 0.25) is 0 Å². The highest BCUT2D eigenvalue weighted by molar-refractivity contribution is 5.83. The molecular formula is C7H9N3O. The summed E-state index contributed by atoms with van der Waals surface area (Å²) in [6, 6.07) is 0. The molecule has 11 heavy (non-hydrogen) atoms. The molecule has 0 atom stereocenters. The van der Waals surface area contributed by atoms with Gasteiger partial charge < -0.3 is 0 Å². The first-order chi connectivity index (χ1) is 5.20. The fraction of sp³-hybridized carbons (Fsp3) is 0.286. The molecule has 1 aromatic rings. The minimum absolute atomic E-state index is 0.516. The Hall–Kier alpha value is -1.45. The van der Waals surface area contributed by atoms with Gasteiger partial charge in [0.25, 0.3) is 0 Å². The average molecular weight is 151 g/mol. The van der Waals surface area contributed by atoms with E-state index in [1.807, 2.05) is 0 Å². The number of nitrogens with zero attached hydrogens (tertiary/aromatic N) is 3. The lowest BCUT2D eigenvalue weighted by atomic mass is 10.3. The van der Waals surface area contributed by atoms with Crippen molar-refractivity contribution >= 4 is 18.8 Å². The number of aliphatic imine (C=N–C) groups is 1. The number of hydrogen-bond donors (Lipinski definition) is 0. The van der Waals surface area contributed by atoms with Gasteiger partial charge in [-0.1, -0.05) is 0 Å². The first-order valence-electron chi connectivity index (χ1n) is 3.16. The molecule has 0 saturated heterocycles. The van der Waals surface area contributed by atoms with Gasteiger partial charge in [-0.15, -0.1) is 0 Å². The van der Waals surface area contributed by atoms with Gasteiger partial charge in [0, 0.05) is 7.05 Å². The lowest BCUT2D eigenvalue weighted by Crippen LogP contribution is -1.88. The molecule has 4 heteroatoms. The zero-order chi connectivity index (χ0) is 8.43. The van der Waals surface area contributed by atoms with Gasteiger partial charge in [-0.2, -0.15) is 5.10 Å². The van der Waals surface area contributed by atoms with Crippen LogP contribution in [0.15, 0.2) is 4.99 Å². The zero-order valence-electron chi connectivity index (χ0n) is 6.53. The fourth-order valence-electron chi connectivity index (χ4n) is 0.988. The molecule has 58 valence electrons. The lowest BCUT2D eigenvalue weighted by molar-refractivity contribution is 0.112. The number of rotatable bonds is 2. The fourth-order valence-corrected chi connectivity index (χ4v) is 0.988. The van der Waals surface area contributed by atoms with Crippen molar-refractivity contribution in [2.75, 3.05) is 0 Å². The van der Waals surface area contributed by atoms with Gasteiger partial charge in [-0.05, 0) is 13.6 Å². The molecule has 0 aromatic carbocycles. The van der Waals surface area contributed by atoms with Crippen molar-refractivity contribution in [2.24, 2.45) is 12.0 Å². The Morgan fingerprint density at radius 2 is 2.36 bits per heavy atom. The molecule has 0 radical (unpaired) electrons. The lowest BCUT2D eigenvalue weighted by Gasteiger charge is -1.91. The Kier molecular flexibility index (Phi) is 1.85. The van der Waals surface area contributed by atoms with E-state index in [0.717, 1.165) is 6.29 Å². The van der Waals surface area contributed by atoms with E-state index < -0.39 is 0 Å². The quantitative estimate of drug-likeness (QED) is 0.465. The van der Waals surface area contributed by atoms with Gasteiger partial charge in [0.05, 0.1) is 11.3 Å². The highest BCUT2D eigenvalue weighted by atomic mass is 16.1. The van der Waals surface area contributed by atoms with E-state index in [1.165, 1.54) is 4.68 Å². The van der Waals surface area contributed by atoms with E-state index in [1.54, 1.807) is 14.0 Å². The summed E-state index contributed by atoms with van der Waals surface area (Å²) in [6.07, 6.45) is 0.742. The predicted octanol–water partition coefficient (Wildman–Crippen LogP) is 0.873. The van der Waals surface area contributed by atoms with Crippen LogP contribution in [0.3, 0.4) is 0 Å². The highest BCUT2D eigenvalue weighted by Gasteiger charge is 2.09. The van der Waals surface area contributed by atoms with Gasteiger partial charge >= 0.3 is 0 Å². The van der Waals surface area contributed by atoms with E-state index in [0.29, 0.717) is 17.1 Å². The molecule has 1 heterocycles. The number of carbonyl (C=O) groups is 1. The molecule has 0 aliphatic heterocycles. The predicted molar refractivity (Wildman–Crippen MR) is 42.5 cm³/mol. The van der Waals surface area contributed by atoms with E-state index in [4.69, 9.17) is 0 Å². The summed E-state index contributed by atoms with van der Waals surface area (Å²) in [7, 11) is 1.73. The monoisotopic (exact) mass is 151 g/mol. The van der Waals surface area contributed by atoms with Crippen molar-refractivity contribution < 1.29 is 4.79 Å². The SMILES string of the molecule is C=Nc1c(C=O)c(C)nn1C. The zero-order valence-corrected chi connectivity index (χ0v) is 6.53. The van der Waals surface area contributed by atoms with Gasteiger partial charge in [0.15, 0.2) is 12.1 Å². The van der Waals surface area contributed by atoms with Crippen molar-refractivity contribution in [3.05, 3.63) is 11.3 Å². The van der Waals surface area contributed by atoms with E-state index in [2.05, 4.69) is 16.8 Å². The second kappa shape index (κ2) is 2.65. The normalized spacial score (nSPS) is 9.64. The van der Waals surface area contributed by atoms with Crippen LogP contribution in [0.2, 0.25) is 0 Å². The summed E-state index contributed by atoms with van der Waals surface area (Å²) in [5.74, 6) is 0.525. The Balaban J connectivity index is 3.39. The van der Waals surface area contributed by atoms with Crippen LogP contribution in [-0.4, -0.2) is 22.8 Å². The van der Waals surface area contributed by atoms with E-state index in [-0.39, 0.29) is 0 Å². The standard InChI is InChI=1S/C7H9N3O/c1-5-6(4-11)7(8-2)10(3)9-5/h4H,2H2,1,3H3. The second-order valence-corrected chi connectivity index (χ2v) is 2.22. The van der Waals surface area contributed by atoms with Crippen molar-refractivity contribution in [3.63, 3.8) is 0 Å². The summed E-state index contributed by atoms with van der Waals surface area (Å²) >= 11 is 0.